The minimum absolute atomic E-state index is 0.0512. The van der Waals surface area contributed by atoms with Crippen molar-refractivity contribution >= 4 is 63.7 Å². The third kappa shape index (κ3) is 6.32. The van der Waals surface area contributed by atoms with Crippen molar-refractivity contribution in [3.05, 3.63) is 66.0 Å². The molecule has 0 heterocycles. The van der Waals surface area contributed by atoms with Gasteiger partial charge < -0.3 is 16.0 Å². The second-order valence-electron chi connectivity index (χ2n) is 4.92. The Labute approximate surface area is 164 Å². The Morgan fingerprint density at radius 3 is 2.32 bits per heavy atom. The molecule has 132 valence electrons. The molecule has 2 aromatic carbocycles. The lowest BCUT2D eigenvalue weighted by molar-refractivity contribution is 0.0934. The van der Waals surface area contributed by atoms with E-state index in [9.17, 15) is 9.18 Å². The van der Waals surface area contributed by atoms with Crippen LogP contribution in [0, 0.1) is 5.82 Å². The van der Waals surface area contributed by atoms with E-state index >= 15 is 0 Å². The van der Waals surface area contributed by atoms with Gasteiger partial charge in [0.05, 0.1) is 0 Å². The fourth-order valence-electron chi connectivity index (χ4n) is 1.87. The summed E-state index contributed by atoms with van der Waals surface area (Å²) in [6.45, 7) is 0. The highest BCUT2D eigenvalue weighted by Gasteiger charge is 2.34. The Bertz CT molecular complexity index is 756. The fourth-order valence-corrected chi connectivity index (χ4v) is 2.43. The van der Waals surface area contributed by atoms with Crippen molar-refractivity contribution in [2.45, 2.75) is 9.96 Å². The van der Waals surface area contributed by atoms with E-state index in [1.807, 2.05) is 0 Å². The average molecular weight is 421 g/mol. The predicted molar refractivity (Wildman–Crippen MR) is 104 cm³/mol. The lowest BCUT2D eigenvalue weighted by Gasteiger charge is -2.27. The van der Waals surface area contributed by atoms with Crippen molar-refractivity contribution in [3.63, 3.8) is 0 Å². The van der Waals surface area contributed by atoms with Crippen LogP contribution in [0.25, 0.3) is 0 Å². The van der Waals surface area contributed by atoms with Crippen molar-refractivity contribution in [2.24, 2.45) is 0 Å². The minimum atomic E-state index is -1.88. The SMILES string of the molecule is O=C(NC(NC(=S)Nc1cccc(F)c1)C(Cl)(Cl)Cl)c1ccccc1. The van der Waals surface area contributed by atoms with Crippen LogP contribution < -0.4 is 16.0 Å². The van der Waals surface area contributed by atoms with Crippen molar-refractivity contribution < 1.29 is 9.18 Å². The Morgan fingerprint density at radius 1 is 1.04 bits per heavy atom. The van der Waals surface area contributed by atoms with Gasteiger partial charge in [-0.25, -0.2) is 4.39 Å². The number of halogens is 4. The van der Waals surface area contributed by atoms with Gasteiger partial charge in [0.1, 0.15) is 12.0 Å². The molecule has 0 radical (unpaired) electrons. The standard InChI is InChI=1S/C16H13Cl3FN3OS/c17-16(18,19)14(22-13(24)10-5-2-1-3-6-10)23-15(25)21-12-8-4-7-11(20)9-12/h1-9,14H,(H,22,24)(H2,21,23,25). The first-order valence-electron chi connectivity index (χ1n) is 7.01. The molecule has 1 amide bonds. The number of amides is 1. The maximum absolute atomic E-state index is 13.2. The Balaban J connectivity index is 2.05. The molecule has 9 heteroatoms. The summed E-state index contributed by atoms with van der Waals surface area (Å²) in [6.07, 6.45) is -1.11. The van der Waals surface area contributed by atoms with E-state index in [0.717, 1.165) is 0 Å². The van der Waals surface area contributed by atoms with Crippen LogP contribution in [0.1, 0.15) is 10.4 Å². The number of nitrogens with one attached hydrogen (secondary N) is 3. The van der Waals surface area contributed by atoms with Crippen molar-refractivity contribution in [1.29, 1.82) is 0 Å². The Kier molecular flexibility index (Phi) is 6.84. The van der Waals surface area contributed by atoms with Gasteiger partial charge in [0.15, 0.2) is 5.11 Å². The van der Waals surface area contributed by atoms with Gasteiger partial charge in [-0.2, -0.15) is 0 Å². The third-order valence-corrected chi connectivity index (χ3v) is 3.87. The first kappa shape index (κ1) is 19.7. The van der Waals surface area contributed by atoms with Gasteiger partial charge in [0, 0.05) is 11.3 Å². The molecule has 0 aromatic heterocycles. The smallest absolute Gasteiger partial charge is 0.252 e. The molecule has 1 atom stereocenters. The predicted octanol–water partition coefficient (Wildman–Crippen LogP) is 4.24. The van der Waals surface area contributed by atoms with E-state index in [-0.39, 0.29) is 5.11 Å². The molecule has 2 aromatic rings. The van der Waals surface area contributed by atoms with Crippen molar-refractivity contribution in [2.75, 3.05) is 5.32 Å². The molecular formula is C16H13Cl3FN3OS. The van der Waals surface area contributed by atoms with Crippen LogP contribution in [0.4, 0.5) is 10.1 Å². The van der Waals surface area contributed by atoms with Gasteiger partial charge in [-0.1, -0.05) is 59.1 Å². The van der Waals surface area contributed by atoms with Crippen LogP contribution in [-0.2, 0) is 0 Å². The molecule has 0 spiro atoms. The number of carbonyl (C=O) groups is 1. The minimum Gasteiger partial charge on any atom is -0.339 e. The maximum atomic E-state index is 13.2. The highest BCUT2D eigenvalue weighted by Crippen LogP contribution is 2.29. The monoisotopic (exact) mass is 419 g/mol. The number of alkyl halides is 3. The van der Waals surface area contributed by atoms with E-state index in [0.29, 0.717) is 11.3 Å². The lowest BCUT2D eigenvalue weighted by atomic mass is 10.2. The van der Waals surface area contributed by atoms with Crippen LogP contribution in [0.15, 0.2) is 54.6 Å². The van der Waals surface area contributed by atoms with Crippen LogP contribution in [0.2, 0.25) is 0 Å². The van der Waals surface area contributed by atoms with E-state index in [1.165, 1.54) is 18.2 Å². The summed E-state index contributed by atoms with van der Waals surface area (Å²) in [6, 6.07) is 14.1. The second kappa shape index (κ2) is 8.67. The largest absolute Gasteiger partial charge is 0.339 e. The van der Waals surface area contributed by atoms with Gasteiger partial charge in [-0.3, -0.25) is 4.79 Å². The number of thiocarbonyl (C=S) groups is 1. The van der Waals surface area contributed by atoms with E-state index in [4.69, 9.17) is 47.0 Å². The van der Waals surface area contributed by atoms with Crippen LogP contribution in [0.3, 0.4) is 0 Å². The number of rotatable bonds is 4. The van der Waals surface area contributed by atoms with Crippen LogP contribution >= 0.6 is 47.0 Å². The molecule has 25 heavy (non-hydrogen) atoms. The quantitative estimate of drug-likeness (QED) is 0.393. The molecule has 0 saturated carbocycles. The topological polar surface area (TPSA) is 53.2 Å². The zero-order valence-corrected chi connectivity index (χ0v) is 15.7. The summed E-state index contributed by atoms with van der Waals surface area (Å²) in [5.41, 5.74) is 0.808. The molecule has 0 aliphatic heterocycles. The highest BCUT2D eigenvalue weighted by atomic mass is 35.6. The zero-order chi connectivity index (χ0) is 18.4. The van der Waals surface area contributed by atoms with E-state index in [2.05, 4.69) is 16.0 Å². The lowest BCUT2D eigenvalue weighted by Crippen LogP contribution is -2.56. The van der Waals surface area contributed by atoms with E-state index in [1.54, 1.807) is 36.4 Å². The average Bonchev–Trinajstić information content (AvgIpc) is 2.54. The molecule has 0 fully saturated rings. The van der Waals surface area contributed by atoms with Gasteiger partial charge in [0.25, 0.3) is 5.91 Å². The summed E-state index contributed by atoms with van der Waals surface area (Å²) in [4.78, 5) is 12.2. The Morgan fingerprint density at radius 2 is 1.72 bits per heavy atom. The van der Waals surface area contributed by atoms with Gasteiger partial charge in [-0.05, 0) is 42.5 Å². The van der Waals surface area contributed by atoms with Gasteiger partial charge in [-0.15, -0.1) is 0 Å². The summed E-state index contributed by atoms with van der Waals surface area (Å²) in [7, 11) is 0. The molecule has 0 aliphatic rings. The fraction of sp³-hybridized carbons (Fsp3) is 0.125. The Hall–Kier alpha value is -1.60. The summed E-state index contributed by atoms with van der Waals surface area (Å²) < 4.78 is 11.3. The number of hydrogen-bond donors (Lipinski definition) is 3. The third-order valence-electron chi connectivity index (χ3n) is 3.00. The normalized spacial score (nSPS) is 12.2. The summed E-state index contributed by atoms with van der Waals surface area (Å²) >= 11 is 22.8. The summed E-state index contributed by atoms with van der Waals surface area (Å²) in [5, 5.41) is 8.05. The molecule has 0 saturated heterocycles. The van der Waals surface area contributed by atoms with Crippen molar-refractivity contribution in [3.8, 4) is 0 Å². The molecule has 0 bridgehead atoms. The summed E-state index contributed by atoms with van der Waals surface area (Å²) in [5.74, 6) is -0.874. The zero-order valence-electron chi connectivity index (χ0n) is 12.6. The first-order valence-corrected chi connectivity index (χ1v) is 8.55. The van der Waals surface area contributed by atoms with Crippen LogP contribution in [-0.4, -0.2) is 21.0 Å². The van der Waals surface area contributed by atoms with E-state index < -0.39 is 21.7 Å². The van der Waals surface area contributed by atoms with Crippen molar-refractivity contribution in [1.82, 2.24) is 10.6 Å². The molecular weight excluding hydrogens is 408 g/mol. The highest BCUT2D eigenvalue weighted by molar-refractivity contribution is 7.80. The first-order chi connectivity index (χ1) is 11.8. The van der Waals surface area contributed by atoms with Gasteiger partial charge in [0.2, 0.25) is 3.79 Å². The number of carbonyl (C=O) groups excluding carboxylic acids is 1. The number of benzene rings is 2. The van der Waals surface area contributed by atoms with Crippen LogP contribution in [0.5, 0.6) is 0 Å². The molecule has 0 aliphatic carbocycles. The number of hydrogen-bond acceptors (Lipinski definition) is 2. The molecule has 3 N–H and O–H groups in total. The molecule has 2 rings (SSSR count). The molecule has 1 unspecified atom stereocenters. The van der Waals surface area contributed by atoms with Gasteiger partial charge >= 0.3 is 0 Å². The number of anilines is 1. The molecule has 4 nitrogen and oxygen atoms in total. The maximum Gasteiger partial charge on any atom is 0.252 e. The second-order valence-corrected chi connectivity index (χ2v) is 7.70.